The van der Waals surface area contributed by atoms with E-state index in [9.17, 15) is 9.59 Å². The normalized spacial score (nSPS) is 15.2. The molecule has 0 spiro atoms. The minimum Gasteiger partial charge on any atom is -0.493 e. The van der Waals surface area contributed by atoms with Crippen molar-refractivity contribution in [2.75, 3.05) is 33.4 Å². The monoisotopic (exact) mass is 458 g/mol. The third kappa shape index (κ3) is 6.83. The highest BCUT2D eigenvalue weighted by atomic mass is 32.1. The van der Waals surface area contributed by atoms with Gasteiger partial charge in [0.1, 0.15) is 6.61 Å². The molecule has 3 rings (SSSR count). The first-order chi connectivity index (χ1) is 15.6. The van der Waals surface area contributed by atoms with Crippen LogP contribution < -0.4 is 14.8 Å². The van der Waals surface area contributed by atoms with Crippen molar-refractivity contribution < 1.29 is 23.8 Å². The number of amides is 2. The molecule has 0 saturated carbocycles. The van der Waals surface area contributed by atoms with E-state index in [4.69, 9.17) is 14.2 Å². The molecule has 1 aliphatic heterocycles. The van der Waals surface area contributed by atoms with Crippen LogP contribution in [-0.4, -0.2) is 56.2 Å². The Morgan fingerprint density at radius 3 is 2.91 bits per heavy atom. The van der Waals surface area contributed by atoms with Crippen LogP contribution in [0.4, 0.5) is 0 Å². The maximum absolute atomic E-state index is 13.0. The third-order valence-corrected chi connectivity index (χ3v) is 5.85. The summed E-state index contributed by atoms with van der Waals surface area (Å²) in [5.41, 5.74) is 1.55. The average Bonchev–Trinajstić information content (AvgIpc) is 3.52. The summed E-state index contributed by atoms with van der Waals surface area (Å²) in [5.74, 6) is 1.04. The number of carbonyl (C=O) groups is 2. The van der Waals surface area contributed by atoms with Crippen LogP contribution in [0, 0.1) is 0 Å². The predicted octanol–water partition coefficient (Wildman–Crippen LogP) is 3.65. The van der Waals surface area contributed by atoms with Gasteiger partial charge in [-0.05, 0) is 42.0 Å². The van der Waals surface area contributed by atoms with Crippen LogP contribution in [0.15, 0.2) is 47.7 Å². The van der Waals surface area contributed by atoms with E-state index >= 15 is 0 Å². The van der Waals surface area contributed by atoms with E-state index in [1.54, 1.807) is 29.5 Å². The van der Waals surface area contributed by atoms with E-state index in [0.717, 1.165) is 25.0 Å². The number of hydrogen-bond donors (Lipinski definition) is 1. The van der Waals surface area contributed by atoms with Crippen molar-refractivity contribution in [3.05, 3.63) is 58.8 Å². The zero-order valence-corrected chi connectivity index (χ0v) is 19.2. The highest BCUT2D eigenvalue weighted by molar-refractivity contribution is 7.08. The fourth-order valence-corrected chi connectivity index (χ4v) is 4.16. The first-order valence-corrected chi connectivity index (χ1v) is 11.7. The van der Waals surface area contributed by atoms with Crippen LogP contribution in [0.2, 0.25) is 0 Å². The molecule has 0 radical (unpaired) electrons. The molecule has 1 atom stereocenters. The number of rotatable bonds is 12. The fourth-order valence-electron chi connectivity index (χ4n) is 3.52. The van der Waals surface area contributed by atoms with Gasteiger partial charge >= 0.3 is 0 Å². The summed E-state index contributed by atoms with van der Waals surface area (Å²) in [6.07, 6.45) is 3.88. The molecular formula is C24H30N2O5S. The molecule has 7 nitrogen and oxygen atoms in total. The van der Waals surface area contributed by atoms with E-state index in [1.165, 1.54) is 11.3 Å². The van der Waals surface area contributed by atoms with E-state index in [-0.39, 0.29) is 30.9 Å². The molecule has 32 heavy (non-hydrogen) atoms. The van der Waals surface area contributed by atoms with E-state index in [1.807, 2.05) is 23.6 Å². The smallest absolute Gasteiger partial charge is 0.252 e. The number of hydrogen-bond acceptors (Lipinski definition) is 6. The number of nitrogens with one attached hydrogen (secondary N) is 1. The lowest BCUT2D eigenvalue weighted by atomic mass is 10.1. The lowest BCUT2D eigenvalue weighted by Crippen LogP contribution is -2.38. The Kier molecular flexibility index (Phi) is 9.13. The highest BCUT2D eigenvalue weighted by Gasteiger charge is 2.23. The molecule has 1 N–H and O–H groups in total. The molecule has 1 aliphatic rings. The maximum atomic E-state index is 13.0. The molecule has 1 saturated heterocycles. The van der Waals surface area contributed by atoms with Crippen molar-refractivity contribution in [2.45, 2.75) is 31.9 Å². The van der Waals surface area contributed by atoms with Crippen molar-refractivity contribution in [3.63, 3.8) is 0 Å². The number of benzene rings is 1. The van der Waals surface area contributed by atoms with Crippen molar-refractivity contribution in [1.29, 1.82) is 0 Å². The Labute approximate surface area is 193 Å². The number of thiophene rings is 1. The molecule has 1 unspecified atom stereocenters. The average molecular weight is 459 g/mol. The van der Waals surface area contributed by atoms with Crippen molar-refractivity contribution >= 4 is 23.2 Å². The molecule has 2 aromatic rings. The predicted molar refractivity (Wildman–Crippen MR) is 124 cm³/mol. The summed E-state index contributed by atoms with van der Waals surface area (Å²) in [7, 11) is 1.59. The van der Waals surface area contributed by atoms with Gasteiger partial charge in [-0.15, -0.1) is 0 Å². The van der Waals surface area contributed by atoms with Gasteiger partial charge in [-0.3, -0.25) is 9.59 Å². The SMILES string of the molecule is C=CCOc1ccc(CN(CC2CCCO2)C(=O)CCNC(=O)c2ccsc2)cc1OC. The lowest BCUT2D eigenvalue weighted by molar-refractivity contribution is -0.133. The van der Waals surface area contributed by atoms with Crippen molar-refractivity contribution in [3.8, 4) is 11.5 Å². The second-order valence-electron chi connectivity index (χ2n) is 7.51. The van der Waals surface area contributed by atoms with Gasteiger partial charge in [0.15, 0.2) is 11.5 Å². The van der Waals surface area contributed by atoms with E-state index < -0.39 is 0 Å². The van der Waals surface area contributed by atoms with Gasteiger partial charge < -0.3 is 24.4 Å². The first-order valence-electron chi connectivity index (χ1n) is 10.7. The van der Waals surface area contributed by atoms with Gasteiger partial charge in [-0.25, -0.2) is 0 Å². The van der Waals surface area contributed by atoms with Gasteiger partial charge in [0, 0.05) is 43.6 Å². The molecule has 1 fully saturated rings. The standard InChI is InChI=1S/C24H30N2O5S/c1-3-11-31-21-7-6-18(14-22(21)29-2)15-26(16-20-5-4-12-30-20)23(27)8-10-25-24(28)19-9-13-32-17-19/h3,6-7,9,13-14,17,20H,1,4-5,8,10-12,15-16H2,2H3,(H,25,28). The third-order valence-electron chi connectivity index (χ3n) is 5.17. The number of methoxy groups -OCH3 is 1. The van der Waals surface area contributed by atoms with E-state index in [0.29, 0.717) is 36.8 Å². The summed E-state index contributed by atoms with van der Waals surface area (Å²) >= 11 is 1.47. The van der Waals surface area contributed by atoms with Crippen LogP contribution in [0.1, 0.15) is 35.2 Å². The second kappa shape index (κ2) is 12.3. The largest absolute Gasteiger partial charge is 0.493 e. The van der Waals surface area contributed by atoms with Crippen molar-refractivity contribution in [1.82, 2.24) is 10.2 Å². The van der Waals surface area contributed by atoms with Gasteiger partial charge in [0.05, 0.1) is 13.2 Å². The van der Waals surface area contributed by atoms with E-state index in [2.05, 4.69) is 11.9 Å². The lowest BCUT2D eigenvalue weighted by Gasteiger charge is -2.26. The number of nitrogens with zero attached hydrogens (tertiary/aromatic N) is 1. The van der Waals surface area contributed by atoms with Crippen LogP contribution >= 0.6 is 11.3 Å². The molecule has 1 aromatic carbocycles. The van der Waals surface area contributed by atoms with Crippen LogP contribution in [-0.2, 0) is 16.1 Å². The molecule has 0 bridgehead atoms. The summed E-state index contributed by atoms with van der Waals surface area (Å²) in [5, 5.41) is 6.46. The van der Waals surface area contributed by atoms with Crippen LogP contribution in [0.3, 0.4) is 0 Å². The van der Waals surface area contributed by atoms with Gasteiger partial charge in [0.25, 0.3) is 5.91 Å². The van der Waals surface area contributed by atoms with Crippen molar-refractivity contribution in [2.24, 2.45) is 0 Å². The quantitative estimate of drug-likeness (QED) is 0.492. The minimum absolute atomic E-state index is 0.0305. The Bertz CT molecular complexity index is 894. The first kappa shape index (κ1) is 23.8. The Morgan fingerprint density at radius 1 is 1.34 bits per heavy atom. The number of ether oxygens (including phenoxy) is 3. The Morgan fingerprint density at radius 2 is 2.22 bits per heavy atom. The second-order valence-corrected chi connectivity index (χ2v) is 8.29. The highest BCUT2D eigenvalue weighted by Crippen LogP contribution is 2.29. The van der Waals surface area contributed by atoms with Crippen LogP contribution in [0.25, 0.3) is 0 Å². The minimum atomic E-state index is -0.162. The van der Waals surface area contributed by atoms with Gasteiger partial charge in [0.2, 0.25) is 5.91 Å². The topological polar surface area (TPSA) is 77.1 Å². The Balaban J connectivity index is 1.63. The summed E-state index contributed by atoms with van der Waals surface area (Å²) in [6.45, 7) is 6.01. The molecule has 8 heteroatoms. The zero-order chi connectivity index (χ0) is 22.8. The molecule has 1 aromatic heterocycles. The molecule has 2 amide bonds. The summed E-state index contributed by atoms with van der Waals surface area (Å²) < 4.78 is 16.8. The summed E-state index contributed by atoms with van der Waals surface area (Å²) in [6, 6.07) is 7.41. The van der Waals surface area contributed by atoms with Crippen LogP contribution in [0.5, 0.6) is 11.5 Å². The Hall–Kier alpha value is -2.84. The molecular weight excluding hydrogens is 428 g/mol. The molecule has 172 valence electrons. The maximum Gasteiger partial charge on any atom is 0.252 e. The van der Waals surface area contributed by atoms with Gasteiger partial charge in [-0.2, -0.15) is 11.3 Å². The molecule has 0 aliphatic carbocycles. The zero-order valence-electron chi connectivity index (χ0n) is 18.4. The summed E-state index contributed by atoms with van der Waals surface area (Å²) in [4.78, 5) is 26.9. The van der Waals surface area contributed by atoms with Gasteiger partial charge in [-0.1, -0.05) is 18.7 Å². The number of carbonyl (C=O) groups excluding carboxylic acids is 2. The fraction of sp³-hybridized carbons (Fsp3) is 0.417. The molecule has 2 heterocycles.